The second kappa shape index (κ2) is 6.39. The number of likely N-dealkylation sites (tertiary alicyclic amines) is 1. The minimum absolute atomic E-state index is 0.294. The largest absolute Gasteiger partial charge is 0.306 e. The molecule has 1 saturated heterocycles. The van der Waals surface area contributed by atoms with Gasteiger partial charge >= 0.3 is 0 Å². The molecule has 1 heterocycles. The first-order chi connectivity index (χ1) is 8.69. The second-order valence-electron chi connectivity index (χ2n) is 5.13. The smallest absolute Gasteiger partial charge is 0.163 e. The summed E-state index contributed by atoms with van der Waals surface area (Å²) in [6.45, 7) is 2.24. The summed E-state index contributed by atoms with van der Waals surface area (Å²) in [7, 11) is 2.14. The van der Waals surface area contributed by atoms with Crippen molar-refractivity contribution in [2.75, 3.05) is 26.4 Å². The van der Waals surface area contributed by atoms with Crippen LogP contribution in [0.2, 0.25) is 0 Å². The lowest BCUT2D eigenvalue weighted by atomic mass is 9.91. The Balaban J connectivity index is 1.94. The molecule has 0 amide bonds. The number of hydrogen-bond acceptors (Lipinski definition) is 3. The molecule has 0 spiro atoms. The van der Waals surface area contributed by atoms with E-state index in [9.17, 15) is 4.79 Å². The van der Waals surface area contributed by atoms with E-state index in [0.717, 1.165) is 12.1 Å². The predicted molar refractivity (Wildman–Crippen MR) is 77.4 cm³/mol. The average Bonchev–Trinajstić information content (AvgIpc) is 2.39. The highest BCUT2D eigenvalue weighted by Crippen LogP contribution is 2.22. The van der Waals surface area contributed by atoms with E-state index in [2.05, 4.69) is 18.2 Å². The zero-order valence-electron chi connectivity index (χ0n) is 11.2. The summed E-state index contributed by atoms with van der Waals surface area (Å²) in [6.07, 6.45) is 5.16. The van der Waals surface area contributed by atoms with Crippen LogP contribution in [0.25, 0.3) is 0 Å². The molecule has 1 fully saturated rings. The molecule has 0 N–H and O–H groups in total. The van der Waals surface area contributed by atoms with Crippen LogP contribution in [0, 0.1) is 5.92 Å². The van der Waals surface area contributed by atoms with Gasteiger partial charge < -0.3 is 4.90 Å². The van der Waals surface area contributed by atoms with E-state index < -0.39 is 0 Å². The van der Waals surface area contributed by atoms with Gasteiger partial charge in [0.15, 0.2) is 5.78 Å². The molecule has 0 aliphatic carbocycles. The molecule has 3 heteroatoms. The monoisotopic (exact) mass is 263 g/mol. The molecule has 0 saturated carbocycles. The number of rotatable bonds is 4. The Kier molecular flexibility index (Phi) is 4.84. The molecular formula is C15H21NOS. The molecule has 1 atom stereocenters. The number of ketones is 1. The summed E-state index contributed by atoms with van der Waals surface area (Å²) in [4.78, 5) is 15.7. The van der Waals surface area contributed by atoms with Crippen molar-refractivity contribution in [3.63, 3.8) is 0 Å². The fourth-order valence-electron chi connectivity index (χ4n) is 2.60. The van der Waals surface area contributed by atoms with Gasteiger partial charge in [-0.3, -0.25) is 4.79 Å². The average molecular weight is 263 g/mol. The van der Waals surface area contributed by atoms with Gasteiger partial charge in [-0.2, -0.15) is 0 Å². The first-order valence-electron chi connectivity index (χ1n) is 6.55. The summed E-state index contributed by atoms with van der Waals surface area (Å²) in [5, 5.41) is 0. The summed E-state index contributed by atoms with van der Waals surface area (Å²) in [5.41, 5.74) is 0.862. The van der Waals surface area contributed by atoms with Crippen LogP contribution in [0.15, 0.2) is 29.2 Å². The zero-order valence-corrected chi connectivity index (χ0v) is 12.0. The Morgan fingerprint density at radius 1 is 1.39 bits per heavy atom. The van der Waals surface area contributed by atoms with Gasteiger partial charge in [0, 0.05) is 23.4 Å². The number of thioether (sulfide) groups is 1. The fourth-order valence-corrected chi connectivity index (χ4v) is 3.01. The minimum atomic E-state index is 0.294. The SMILES string of the molecule is CSc1ccc(C(=O)CC2CCCN(C)C2)cc1. The molecule has 0 aromatic heterocycles. The van der Waals surface area contributed by atoms with E-state index in [4.69, 9.17) is 0 Å². The van der Waals surface area contributed by atoms with Crippen LogP contribution in [0.4, 0.5) is 0 Å². The third-order valence-corrected chi connectivity index (χ3v) is 4.35. The molecule has 1 aromatic carbocycles. The normalized spacial score (nSPS) is 20.9. The number of hydrogen-bond donors (Lipinski definition) is 0. The van der Waals surface area contributed by atoms with Gasteiger partial charge in [-0.05, 0) is 50.7 Å². The number of Topliss-reactive ketones (excluding diaryl/α,β-unsaturated/α-hetero) is 1. The summed E-state index contributed by atoms with van der Waals surface area (Å²) >= 11 is 1.71. The van der Waals surface area contributed by atoms with E-state index in [0.29, 0.717) is 18.1 Å². The van der Waals surface area contributed by atoms with Crippen molar-refractivity contribution in [2.45, 2.75) is 24.2 Å². The molecule has 0 bridgehead atoms. The highest BCUT2D eigenvalue weighted by atomic mass is 32.2. The van der Waals surface area contributed by atoms with Gasteiger partial charge in [0.2, 0.25) is 0 Å². The van der Waals surface area contributed by atoms with E-state index in [1.54, 1.807) is 11.8 Å². The Hall–Kier alpha value is -0.800. The maximum absolute atomic E-state index is 12.2. The maximum atomic E-state index is 12.2. The van der Waals surface area contributed by atoms with Crippen molar-refractivity contribution in [2.24, 2.45) is 5.92 Å². The molecule has 18 heavy (non-hydrogen) atoms. The van der Waals surface area contributed by atoms with E-state index in [1.165, 1.54) is 24.3 Å². The molecule has 98 valence electrons. The van der Waals surface area contributed by atoms with Crippen molar-refractivity contribution in [3.05, 3.63) is 29.8 Å². The lowest BCUT2D eigenvalue weighted by Crippen LogP contribution is -2.33. The van der Waals surface area contributed by atoms with Gasteiger partial charge in [0.25, 0.3) is 0 Å². The maximum Gasteiger partial charge on any atom is 0.163 e. The van der Waals surface area contributed by atoms with Crippen LogP contribution in [0.3, 0.4) is 0 Å². The summed E-state index contributed by atoms with van der Waals surface area (Å²) < 4.78 is 0. The number of piperidine rings is 1. The Morgan fingerprint density at radius 2 is 2.11 bits per heavy atom. The highest BCUT2D eigenvalue weighted by Gasteiger charge is 2.20. The first-order valence-corrected chi connectivity index (χ1v) is 7.77. The van der Waals surface area contributed by atoms with E-state index >= 15 is 0 Å². The molecule has 2 rings (SSSR count). The number of nitrogens with zero attached hydrogens (tertiary/aromatic N) is 1. The number of benzene rings is 1. The molecule has 1 aliphatic heterocycles. The molecule has 2 nitrogen and oxygen atoms in total. The second-order valence-corrected chi connectivity index (χ2v) is 6.01. The van der Waals surface area contributed by atoms with Crippen molar-refractivity contribution in [1.82, 2.24) is 4.90 Å². The third kappa shape index (κ3) is 3.59. The van der Waals surface area contributed by atoms with Crippen molar-refractivity contribution in [1.29, 1.82) is 0 Å². The third-order valence-electron chi connectivity index (χ3n) is 3.61. The lowest BCUT2D eigenvalue weighted by Gasteiger charge is -2.29. The van der Waals surface area contributed by atoms with E-state index in [1.807, 2.05) is 24.3 Å². The van der Waals surface area contributed by atoms with Crippen LogP contribution in [0.1, 0.15) is 29.6 Å². The van der Waals surface area contributed by atoms with Crippen LogP contribution in [-0.4, -0.2) is 37.1 Å². The molecule has 1 aromatic rings. The van der Waals surface area contributed by atoms with Crippen LogP contribution in [-0.2, 0) is 0 Å². The fraction of sp³-hybridized carbons (Fsp3) is 0.533. The summed E-state index contributed by atoms with van der Waals surface area (Å²) in [6, 6.07) is 7.98. The summed E-state index contributed by atoms with van der Waals surface area (Å²) in [5.74, 6) is 0.833. The van der Waals surface area contributed by atoms with E-state index in [-0.39, 0.29) is 0 Å². The Bertz CT molecular complexity index is 401. The predicted octanol–water partition coefficient (Wildman–Crippen LogP) is 3.32. The van der Waals surface area contributed by atoms with Crippen molar-refractivity contribution < 1.29 is 4.79 Å². The molecule has 1 unspecified atom stereocenters. The van der Waals surface area contributed by atoms with Crippen LogP contribution >= 0.6 is 11.8 Å². The first kappa shape index (κ1) is 13.6. The van der Waals surface area contributed by atoms with Gasteiger partial charge in [-0.25, -0.2) is 0 Å². The van der Waals surface area contributed by atoms with Crippen molar-refractivity contribution >= 4 is 17.5 Å². The minimum Gasteiger partial charge on any atom is -0.306 e. The van der Waals surface area contributed by atoms with Gasteiger partial charge in [0.1, 0.15) is 0 Å². The lowest BCUT2D eigenvalue weighted by molar-refractivity contribution is 0.0930. The van der Waals surface area contributed by atoms with Gasteiger partial charge in [-0.1, -0.05) is 12.1 Å². The molecule has 0 radical (unpaired) electrons. The molecule has 1 aliphatic rings. The standard InChI is InChI=1S/C15H21NOS/c1-16-9-3-4-12(11-16)10-15(17)13-5-7-14(18-2)8-6-13/h5-8,12H,3-4,9-11H2,1-2H3. The van der Waals surface area contributed by atoms with Crippen molar-refractivity contribution in [3.8, 4) is 0 Å². The van der Waals surface area contributed by atoms with Crippen LogP contribution in [0.5, 0.6) is 0 Å². The quantitative estimate of drug-likeness (QED) is 0.614. The van der Waals surface area contributed by atoms with Crippen LogP contribution < -0.4 is 0 Å². The Morgan fingerprint density at radius 3 is 2.72 bits per heavy atom. The van der Waals surface area contributed by atoms with Gasteiger partial charge in [-0.15, -0.1) is 11.8 Å². The molecular weight excluding hydrogens is 242 g/mol. The van der Waals surface area contributed by atoms with Gasteiger partial charge in [0.05, 0.1) is 0 Å². The number of carbonyl (C=O) groups is 1. The zero-order chi connectivity index (χ0) is 13.0. The Labute approximate surface area is 114 Å². The number of carbonyl (C=O) groups excluding carboxylic acids is 1. The highest BCUT2D eigenvalue weighted by molar-refractivity contribution is 7.98. The topological polar surface area (TPSA) is 20.3 Å².